The number of nitrogens with two attached hydrogens (primary N) is 1. The highest BCUT2D eigenvalue weighted by atomic mass is 32.2. The molecule has 0 atom stereocenters. The zero-order chi connectivity index (χ0) is 15.6. The quantitative estimate of drug-likeness (QED) is 0.928. The highest BCUT2D eigenvalue weighted by Gasteiger charge is 2.32. The third-order valence-corrected chi connectivity index (χ3v) is 6.43. The second-order valence-electron chi connectivity index (χ2n) is 5.86. The van der Waals surface area contributed by atoms with Crippen molar-refractivity contribution in [2.75, 3.05) is 7.05 Å². The van der Waals surface area contributed by atoms with Crippen molar-refractivity contribution in [3.8, 4) is 0 Å². The molecule has 1 aliphatic carbocycles. The maximum absolute atomic E-state index is 13.8. The first-order valence-corrected chi connectivity index (χ1v) is 8.77. The smallest absolute Gasteiger partial charge is 0.243 e. The second kappa shape index (κ2) is 6.42. The molecule has 6 heteroatoms. The first-order valence-electron chi connectivity index (χ1n) is 7.33. The van der Waals surface area contributed by atoms with Crippen LogP contribution in [0.15, 0.2) is 23.1 Å². The number of sulfonamides is 1. The van der Waals surface area contributed by atoms with Gasteiger partial charge in [-0.15, -0.1) is 0 Å². The van der Waals surface area contributed by atoms with Crippen molar-refractivity contribution in [1.29, 1.82) is 0 Å². The highest BCUT2D eigenvalue weighted by Crippen LogP contribution is 2.30. The number of hydrogen-bond acceptors (Lipinski definition) is 3. The van der Waals surface area contributed by atoms with Gasteiger partial charge in [-0.3, -0.25) is 0 Å². The summed E-state index contributed by atoms with van der Waals surface area (Å²) in [7, 11) is -2.12. The monoisotopic (exact) mass is 314 g/mol. The maximum atomic E-state index is 13.8. The van der Waals surface area contributed by atoms with E-state index in [-0.39, 0.29) is 23.0 Å². The lowest BCUT2D eigenvalue weighted by Crippen LogP contribution is -2.39. The van der Waals surface area contributed by atoms with Crippen molar-refractivity contribution in [2.45, 2.75) is 50.1 Å². The number of rotatable bonds is 4. The lowest BCUT2D eigenvalue weighted by atomic mass is 9.87. The summed E-state index contributed by atoms with van der Waals surface area (Å²) in [5, 5.41) is 0. The Morgan fingerprint density at radius 2 is 1.90 bits per heavy atom. The third kappa shape index (κ3) is 3.27. The molecule has 0 bridgehead atoms. The molecule has 1 aromatic carbocycles. The van der Waals surface area contributed by atoms with E-state index in [9.17, 15) is 12.8 Å². The molecule has 1 aromatic rings. The predicted octanol–water partition coefficient (Wildman–Crippen LogP) is 2.48. The van der Waals surface area contributed by atoms with E-state index in [0.717, 1.165) is 25.7 Å². The van der Waals surface area contributed by atoms with Gasteiger partial charge in [0.2, 0.25) is 10.0 Å². The molecule has 0 radical (unpaired) electrons. The van der Waals surface area contributed by atoms with Crippen LogP contribution >= 0.6 is 0 Å². The minimum absolute atomic E-state index is 0.00822. The van der Waals surface area contributed by atoms with Crippen LogP contribution in [0.25, 0.3) is 0 Å². The predicted molar refractivity (Wildman–Crippen MR) is 80.7 cm³/mol. The molecule has 0 heterocycles. The highest BCUT2D eigenvalue weighted by molar-refractivity contribution is 7.89. The number of halogens is 1. The molecule has 1 aliphatic rings. The van der Waals surface area contributed by atoms with Gasteiger partial charge in [0.05, 0.1) is 4.90 Å². The minimum Gasteiger partial charge on any atom is -0.326 e. The van der Waals surface area contributed by atoms with Crippen LogP contribution in [0.4, 0.5) is 4.39 Å². The third-order valence-electron chi connectivity index (χ3n) is 4.44. The Balaban J connectivity index is 2.31. The van der Waals surface area contributed by atoms with E-state index < -0.39 is 15.8 Å². The van der Waals surface area contributed by atoms with Gasteiger partial charge in [-0.25, -0.2) is 12.8 Å². The van der Waals surface area contributed by atoms with Crippen LogP contribution in [0.1, 0.15) is 38.2 Å². The van der Waals surface area contributed by atoms with Gasteiger partial charge in [0.15, 0.2) is 0 Å². The van der Waals surface area contributed by atoms with E-state index in [1.54, 1.807) is 7.05 Å². The molecule has 0 aliphatic heterocycles. The largest absolute Gasteiger partial charge is 0.326 e. The van der Waals surface area contributed by atoms with Gasteiger partial charge in [0.25, 0.3) is 0 Å². The van der Waals surface area contributed by atoms with Gasteiger partial charge in [-0.1, -0.05) is 13.0 Å². The zero-order valence-electron chi connectivity index (χ0n) is 12.5. The Bertz CT molecular complexity index is 596. The van der Waals surface area contributed by atoms with Crippen molar-refractivity contribution in [2.24, 2.45) is 11.7 Å². The van der Waals surface area contributed by atoms with E-state index in [0.29, 0.717) is 5.92 Å². The molecule has 2 N–H and O–H groups in total. The first-order chi connectivity index (χ1) is 9.87. The van der Waals surface area contributed by atoms with Gasteiger partial charge < -0.3 is 5.73 Å². The molecule has 1 fully saturated rings. The number of hydrogen-bond donors (Lipinski definition) is 1. The van der Waals surface area contributed by atoms with Crippen LogP contribution in [0.3, 0.4) is 0 Å². The molecule has 21 heavy (non-hydrogen) atoms. The zero-order valence-corrected chi connectivity index (χ0v) is 13.4. The van der Waals surface area contributed by atoms with Crippen LogP contribution in [-0.2, 0) is 16.6 Å². The van der Waals surface area contributed by atoms with Gasteiger partial charge in [-0.2, -0.15) is 4.31 Å². The van der Waals surface area contributed by atoms with E-state index in [1.807, 2.05) is 0 Å². The fourth-order valence-corrected chi connectivity index (χ4v) is 4.59. The summed E-state index contributed by atoms with van der Waals surface area (Å²) in [5.74, 6) is 0.0790. The van der Waals surface area contributed by atoms with Crippen LogP contribution in [0, 0.1) is 11.7 Å². The summed E-state index contributed by atoms with van der Waals surface area (Å²) in [6.45, 7) is 2.06. The van der Waals surface area contributed by atoms with Crippen molar-refractivity contribution < 1.29 is 12.8 Å². The molecular weight excluding hydrogens is 291 g/mol. The van der Waals surface area contributed by atoms with E-state index in [4.69, 9.17) is 5.73 Å². The van der Waals surface area contributed by atoms with E-state index in [2.05, 4.69) is 6.92 Å². The van der Waals surface area contributed by atoms with Gasteiger partial charge in [-0.05, 0) is 43.7 Å². The van der Waals surface area contributed by atoms with Crippen molar-refractivity contribution in [1.82, 2.24) is 4.31 Å². The Morgan fingerprint density at radius 1 is 1.29 bits per heavy atom. The second-order valence-corrected chi connectivity index (χ2v) is 7.82. The van der Waals surface area contributed by atoms with Gasteiger partial charge in [0.1, 0.15) is 5.82 Å². The Hall–Kier alpha value is -0.980. The Labute approximate surface area is 126 Å². The standard InChI is InChI=1S/C15H23FN2O2S/c1-11-6-8-12(9-7-11)18(2)21(19,20)15-5-3-4-14(16)13(15)10-17/h3-5,11-12H,6-10,17H2,1-2H3. The molecule has 0 aromatic heterocycles. The molecule has 0 amide bonds. The topological polar surface area (TPSA) is 63.4 Å². The molecule has 0 saturated heterocycles. The number of benzene rings is 1. The van der Waals surface area contributed by atoms with Crippen LogP contribution in [0.5, 0.6) is 0 Å². The summed E-state index contributed by atoms with van der Waals surface area (Å²) in [5.41, 5.74) is 5.59. The molecule has 1 saturated carbocycles. The fourth-order valence-electron chi connectivity index (χ4n) is 2.94. The van der Waals surface area contributed by atoms with E-state index in [1.165, 1.54) is 22.5 Å². The Morgan fingerprint density at radius 3 is 2.48 bits per heavy atom. The summed E-state index contributed by atoms with van der Waals surface area (Å²) >= 11 is 0. The van der Waals surface area contributed by atoms with Crippen LogP contribution in [-0.4, -0.2) is 25.8 Å². The van der Waals surface area contributed by atoms with Gasteiger partial charge >= 0.3 is 0 Å². The van der Waals surface area contributed by atoms with Gasteiger partial charge in [0, 0.05) is 25.2 Å². The fraction of sp³-hybridized carbons (Fsp3) is 0.600. The lowest BCUT2D eigenvalue weighted by Gasteiger charge is -2.33. The first kappa shape index (κ1) is 16.4. The molecule has 2 rings (SSSR count). The average molecular weight is 314 g/mol. The molecule has 0 spiro atoms. The Kier molecular flexibility index (Phi) is 5.01. The van der Waals surface area contributed by atoms with Crippen molar-refractivity contribution in [3.63, 3.8) is 0 Å². The normalized spacial score (nSPS) is 23.5. The SMILES string of the molecule is CC1CCC(N(C)S(=O)(=O)c2cccc(F)c2CN)CC1. The molecule has 0 unspecified atom stereocenters. The van der Waals surface area contributed by atoms with Crippen molar-refractivity contribution >= 4 is 10.0 Å². The average Bonchev–Trinajstić information content (AvgIpc) is 2.47. The molecule has 4 nitrogen and oxygen atoms in total. The lowest BCUT2D eigenvalue weighted by molar-refractivity contribution is 0.246. The molecular formula is C15H23FN2O2S. The molecule has 118 valence electrons. The minimum atomic E-state index is -3.71. The summed E-state index contributed by atoms with van der Waals surface area (Å²) < 4.78 is 40.7. The van der Waals surface area contributed by atoms with E-state index >= 15 is 0 Å². The summed E-state index contributed by atoms with van der Waals surface area (Å²) in [6, 6.07) is 4.07. The summed E-state index contributed by atoms with van der Waals surface area (Å²) in [4.78, 5) is -0.00822. The van der Waals surface area contributed by atoms with Crippen LogP contribution in [0.2, 0.25) is 0 Å². The maximum Gasteiger partial charge on any atom is 0.243 e. The summed E-state index contributed by atoms with van der Waals surface area (Å²) in [6.07, 6.45) is 3.75. The van der Waals surface area contributed by atoms with Crippen LogP contribution < -0.4 is 5.73 Å². The number of nitrogens with zero attached hydrogens (tertiary/aromatic N) is 1. The van der Waals surface area contributed by atoms with Crippen molar-refractivity contribution in [3.05, 3.63) is 29.6 Å².